The highest BCUT2D eigenvalue weighted by Gasteiger charge is 2.44. The Labute approximate surface area is 123 Å². The van der Waals surface area contributed by atoms with Crippen LogP contribution < -0.4 is 5.32 Å². The van der Waals surface area contributed by atoms with Crippen LogP contribution in [0.2, 0.25) is 5.02 Å². The summed E-state index contributed by atoms with van der Waals surface area (Å²) >= 11 is 6.11. The van der Waals surface area contributed by atoms with Gasteiger partial charge in [0.05, 0.1) is 18.4 Å². The third-order valence-corrected chi connectivity index (χ3v) is 5.56. The van der Waals surface area contributed by atoms with Gasteiger partial charge in [-0.2, -0.15) is 0 Å². The van der Waals surface area contributed by atoms with Gasteiger partial charge in [0.15, 0.2) is 15.1 Å². The van der Waals surface area contributed by atoms with Crippen molar-refractivity contribution in [3.8, 4) is 0 Å². The van der Waals surface area contributed by atoms with Gasteiger partial charge in [0, 0.05) is 11.6 Å². The van der Waals surface area contributed by atoms with Crippen molar-refractivity contribution < 1.29 is 17.9 Å². The Morgan fingerprint density at radius 2 is 2.15 bits per heavy atom. The molecule has 1 fully saturated rings. The number of sulfone groups is 1. The van der Waals surface area contributed by atoms with Crippen LogP contribution in [0.3, 0.4) is 0 Å². The molecule has 0 unspecified atom stereocenters. The summed E-state index contributed by atoms with van der Waals surface area (Å²) in [4.78, 5) is 12.0. The number of hydrogen-bond acceptors (Lipinski definition) is 5. The molecule has 110 valence electrons. The lowest BCUT2D eigenvalue weighted by molar-refractivity contribution is -0.143. The summed E-state index contributed by atoms with van der Waals surface area (Å²) in [6.07, 6.45) is 0. The number of nitrogens with one attached hydrogen (secondary N) is 1. The van der Waals surface area contributed by atoms with Crippen LogP contribution in [-0.2, 0) is 19.4 Å². The highest BCUT2D eigenvalue weighted by Crippen LogP contribution is 2.31. The number of carbonyl (C=O) groups excluding carboxylic acids is 1. The Bertz CT molecular complexity index is 602. The van der Waals surface area contributed by atoms with Gasteiger partial charge in [-0.15, -0.1) is 0 Å². The minimum atomic E-state index is -3.55. The second-order valence-electron chi connectivity index (χ2n) is 4.49. The van der Waals surface area contributed by atoms with Crippen molar-refractivity contribution in [3.05, 3.63) is 34.9 Å². The molecule has 2 rings (SSSR count). The molecule has 5 nitrogen and oxygen atoms in total. The number of ether oxygens (including phenoxy) is 1. The van der Waals surface area contributed by atoms with E-state index in [1.807, 2.05) is 0 Å². The van der Waals surface area contributed by atoms with E-state index in [9.17, 15) is 13.2 Å². The molecular weight excluding hydrogens is 302 g/mol. The van der Waals surface area contributed by atoms with Crippen molar-refractivity contribution in [2.24, 2.45) is 0 Å². The van der Waals surface area contributed by atoms with E-state index in [0.29, 0.717) is 10.6 Å². The van der Waals surface area contributed by atoms with Crippen LogP contribution in [0.4, 0.5) is 0 Å². The van der Waals surface area contributed by atoms with Gasteiger partial charge in [-0.05, 0) is 18.6 Å². The van der Waals surface area contributed by atoms with Gasteiger partial charge in [0.1, 0.15) is 0 Å². The summed E-state index contributed by atoms with van der Waals surface area (Å²) in [5.74, 6) is -0.818. The number of halogens is 1. The van der Waals surface area contributed by atoms with Gasteiger partial charge in [-0.25, -0.2) is 8.42 Å². The molecule has 1 aromatic rings. The highest BCUT2D eigenvalue weighted by atomic mass is 35.5. The van der Waals surface area contributed by atoms with Crippen LogP contribution in [0, 0.1) is 0 Å². The van der Waals surface area contributed by atoms with Crippen LogP contribution in [0.5, 0.6) is 0 Å². The molecule has 1 N–H and O–H groups in total. The summed E-state index contributed by atoms with van der Waals surface area (Å²) in [5, 5.41) is 2.23. The maximum Gasteiger partial charge on any atom is 0.326 e. The van der Waals surface area contributed by atoms with Gasteiger partial charge in [-0.3, -0.25) is 4.79 Å². The molecule has 0 radical (unpaired) electrons. The zero-order chi connectivity index (χ0) is 14.8. The lowest BCUT2D eigenvalue weighted by Crippen LogP contribution is -2.51. The average Bonchev–Trinajstić information content (AvgIpc) is 2.38. The maximum atomic E-state index is 12.2. The quantitative estimate of drug-likeness (QED) is 0.852. The van der Waals surface area contributed by atoms with Crippen molar-refractivity contribution >= 4 is 27.4 Å². The minimum Gasteiger partial charge on any atom is -0.465 e. The predicted molar refractivity (Wildman–Crippen MR) is 76.4 cm³/mol. The Hall–Kier alpha value is -1.11. The zero-order valence-corrected chi connectivity index (χ0v) is 12.6. The average molecular weight is 318 g/mol. The van der Waals surface area contributed by atoms with Crippen LogP contribution in [0.15, 0.2) is 24.3 Å². The molecule has 1 heterocycles. The number of rotatable bonds is 3. The summed E-state index contributed by atoms with van der Waals surface area (Å²) in [6, 6.07) is 6.21. The van der Waals surface area contributed by atoms with Gasteiger partial charge in [-0.1, -0.05) is 29.8 Å². The molecule has 20 heavy (non-hydrogen) atoms. The molecule has 7 heteroatoms. The SMILES string of the molecule is CCOC(=O)[C@@H]1[C@H](c2ccccc2Cl)NCCS1(=O)=O. The first-order valence-electron chi connectivity index (χ1n) is 6.33. The number of hydrogen-bond donors (Lipinski definition) is 1. The largest absolute Gasteiger partial charge is 0.465 e. The molecule has 2 atom stereocenters. The van der Waals surface area contributed by atoms with Crippen LogP contribution in [0.25, 0.3) is 0 Å². The molecule has 0 spiro atoms. The highest BCUT2D eigenvalue weighted by molar-refractivity contribution is 7.92. The molecular formula is C13H16ClNO4S. The van der Waals surface area contributed by atoms with Gasteiger partial charge in [0.2, 0.25) is 0 Å². The van der Waals surface area contributed by atoms with E-state index >= 15 is 0 Å². The van der Waals surface area contributed by atoms with Crippen molar-refractivity contribution in [2.75, 3.05) is 18.9 Å². The van der Waals surface area contributed by atoms with Crippen molar-refractivity contribution in [3.63, 3.8) is 0 Å². The van der Waals surface area contributed by atoms with Gasteiger partial charge >= 0.3 is 5.97 Å². The van der Waals surface area contributed by atoms with Gasteiger partial charge in [0.25, 0.3) is 0 Å². The summed E-state index contributed by atoms with van der Waals surface area (Å²) in [5.41, 5.74) is 0.593. The normalized spacial score (nSPS) is 25.1. The maximum absolute atomic E-state index is 12.2. The molecule has 0 aliphatic carbocycles. The standard InChI is InChI=1S/C13H16ClNO4S/c1-2-19-13(16)12-11(15-7-8-20(12,17)18)9-5-3-4-6-10(9)14/h3-6,11-12,15H,2,7-8H2,1H3/t11-,12-/m0/s1. The van der Waals surface area contributed by atoms with Crippen molar-refractivity contribution in [2.45, 2.75) is 18.2 Å². The molecule has 0 bridgehead atoms. The van der Waals surface area contributed by atoms with Crippen molar-refractivity contribution in [1.82, 2.24) is 5.32 Å². The Kier molecular flexibility index (Phi) is 4.67. The van der Waals surface area contributed by atoms with E-state index in [1.54, 1.807) is 31.2 Å². The molecule has 0 saturated carbocycles. The van der Waals surface area contributed by atoms with E-state index < -0.39 is 27.1 Å². The fourth-order valence-corrected chi connectivity index (χ4v) is 4.23. The van der Waals surface area contributed by atoms with E-state index in [2.05, 4.69) is 5.32 Å². The number of carbonyl (C=O) groups is 1. The molecule has 1 saturated heterocycles. The molecule has 0 amide bonds. The number of esters is 1. The molecule has 1 aliphatic heterocycles. The smallest absolute Gasteiger partial charge is 0.326 e. The zero-order valence-electron chi connectivity index (χ0n) is 11.0. The first-order chi connectivity index (χ1) is 9.47. The second-order valence-corrected chi connectivity index (χ2v) is 7.14. The second kappa shape index (κ2) is 6.11. The van der Waals surface area contributed by atoms with Crippen LogP contribution in [-0.4, -0.2) is 38.5 Å². The van der Waals surface area contributed by atoms with E-state index in [0.717, 1.165) is 0 Å². The predicted octanol–water partition coefficient (Wildman–Crippen LogP) is 1.33. The molecule has 1 aliphatic rings. The van der Waals surface area contributed by atoms with Gasteiger partial charge < -0.3 is 10.1 Å². The Balaban J connectivity index is 2.44. The molecule has 1 aromatic carbocycles. The minimum absolute atomic E-state index is 0.0859. The van der Waals surface area contributed by atoms with Crippen LogP contribution >= 0.6 is 11.6 Å². The monoisotopic (exact) mass is 317 g/mol. The first kappa shape index (κ1) is 15.3. The lowest BCUT2D eigenvalue weighted by atomic mass is 10.0. The first-order valence-corrected chi connectivity index (χ1v) is 8.42. The summed E-state index contributed by atoms with van der Waals surface area (Å²) in [6.45, 7) is 2.07. The number of benzene rings is 1. The third kappa shape index (κ3) is 2.97. The van der Waals surface area contributed by atoms with E-state index in [1.165, 1.54) is 0 Å². The van der Waals surface area contributed by atoms with Crippen LogP contribution in [0.1, 0.15) is 18.5 Å². The van der Waals surface area contributed by atoms with E-state index in [4.69, 9.17) is 16.3 Å². The Morgan fingerprint density at radius 3 is 2.80 bits per heavy atom. The fraction of sp³-hybridized carbons (Fsp3) is 0.462. The summed E-state index contributed by atoms with van der Waals surface area (Å²) < 4.78 is 29.3. The topological polar surface area (TPSA) is 72.5 Å². The Morgan fingerprint density at radius 1 is 1.45 bits per heavy atom. The summed E-state index contributed by atoms with van der Waals surface area (Å²) in [7, 11) is -3.55. The third-order valence-electron chi connectivity index (χ3n) is 3.20. The van der Waals surface area contributed by atoms with E-state index in [-0.39, 0.29) is 18.9 Å². The lowest BCUT2D eigenvalue weighted by Gasteiger charge is -2.31. The fourth-order valence-electron chi connectivity index (χ4n) is 2.31. The van der Waals surface area contributed by atoms with Crippen molar-refractivity contribution in [1.29, 1.82) is 0 Å². The molecule has 0 aromatic heterocycles.